The summed E-state index contributed by atoms with van der Waals surface area (Å²) in [7, 11) is 0. The van der Waals surface area contributed by atoms with Gasteiger partial charge in [0.25, 0.3) is 0 Å². The molecule has 0 aromatic heterocycles. The number of ether oxygens (including phenoxy) is 2. The van der Waals surface area contributed by atoms with Crippen molar-refractivity contribution < 1.29 is 19.1 Å². The first kappa shape index (κ1) is 18.9. The van der Waals surface area contributed by atoms with Crippen molar-refractivity contribution in [2.45, 2.75) is 31.2 Å². The normalized spacial score (nSPS) is 26.9. The molecule has 7 nitrogen and oxygen atoms in total. The third-order valence-corrected chi connectivity index (χ3v) is 6.17. The van der Waals surface area contributed by atoms with Crippen LogP contribution in [0.4, 0.5) is 4.79 Å². The molecule has 2 aliphatic heterocycles. The number of nitrogens with zero attached hydrogens (tertiary/aromatic N) is 2. The Morgan fingerprint density at radius 2 is 2.14 bits per heavy atom. The van der Waals surface area contributed by atoms with E-state index in [2.05, 4.69) is 11.4 Å². The second-order valence-corrected chi connectivity index (χ2v) is 8.36. The largest absolute Gasteiger partial charge is 0.492 e. The number of amides is 2. The van der Waals surface area contributed by atoms with Crippen LogP contribution in [0.3, 0.4) is 0 Å². The lowest BCUT2D eigenvalue weighted by Crippen LogP contribution is -2.58. The van der Waals surface area contributed by atoms with E-state index in [4.69, 9.17) is 21.1 Å². The fourth-order valence-corrected chi connectivity index (χ4v) is 4.44. The minimum atomic E-state index is -0.382. The molecule has 2 heterocycles. The van der Waals surface area contributed by atoms with E-state index in [1.807, 2.05) is 4.90 Å². The van der Waals surface area contributed by atoms with Gasteiger partial charge in [-0.3, -0.25) is 4.79 Å². The molecule has 1 spiro atoms. The number of likely N-dealkylation sites (tertiary alicyclic amines) is 1. The zero-order valence-electron chi connectivity index (χ0n) is 15.4. The first-order valence-electron chi connectivity index (χ1n) is 9.54. The number of hydrogen-bond donors (Lipinski definition) is 1. The van der Waals surface area contributed by atoms with Crippen LogP contribution in [0.25, 0.3) is 0 Å². The van der Waals surface area contributed by atoms with Gasteiger partial charge < -0.3 is 19.7 Å². The Labute approximate surface area is 168 Å². The van der Waals surface area contributed by atoms with E-state index in [0.29, 0.717) is 61.4 Å². The van der Waals surface area contributed by atoms with Crippen molar-refractivity contribution >= 4 is 23.6 Å². The molecule has 148 valence electrons. The van der Waals surface area contributed by atoms with Gasteiger partial charge in [0.2, 0.25) is 5.91 Å². The lowest BCUT2D eigenvalue weighted by Gasteiger charge is -2.44. The third-order valence-electron chi connectivity index (χ3n) is 5.93. The Morgan fingerprint density at radius 3 is 2.79 bits per heavy atom. The standard InChI is InChI=1S/C20H22ClN3O4/c21-16-1-2-17(14(7-16)10-22)27-11-13-3-5-24(6-4-13)18(25)15-8-20(9-15)12-28-19(26)23-20/h1-2,7,13,15H,3-6,8-9,11-12H2,(H,23,26)/t15-,20+. The topological polar surface area (TPSA) is 91.7 Å². The van der Waals surface area contributed by atoms with E-state index < -0.39 is 0 Å². The number of hydrogen-bond acceptors (Lipinski definition) is 5. The van der Waals surface area contributed by atoms with Crippen LogP contribution in [0.2, 0.25) is 5.02 Å². The fraction of sp³-hybridized carbons (Fsp3) is 0.550. The van der Waals surface area contributed by atoms with Crippen LogP contribution in [0.5, 0.6) is 5.75 Å². The molecular formula is C20H22ClN3O4. The van der Waals surface area contributed by atoms with Gasteiger partial charge in [-0.25, -0.2) is 4.79 Å². The van der Waals surface area contributed by atoms with Gasteiger partial charge in [0, 0.05) is 24.0 Å². The Hall–Kier alpha value is -2.46. The maximum Gasteiger partial charge on any atom is 0.407 e. The van der Waals surface area contributed by atoms with E-state index in [9.17, 15) is 14.9 Å². The number of piperidine rings is 1. The number of rotatable bonds is 4. The van der Waals surface area contributed by atoms with Crippen molar-refractivity contribution in [1.29, 1.82) is 5.26 Å². The predicted octanol–water partition coefficient (Wildman–Crippen LogP) is 2.72. The molecule has 1 N–H and O–H groups in total. The van der Waals surface area contributed by atoms with Crippen LogP contribution in [0.15, 0.2) is 18.2 Å². The van der Waals surface area contributed by atoms with Crippen LogP contribution in [0.1, 0.15) is 31.2 Å². The molecule has 4 rings (SSSR count). The summed E-state index contributed by atoms with van der Waals surface area (Å²) in [5.74, 6) is 1.05. The van der Waals surface area contributed by atoms with Crippen molar-refractivity contribution in [3.05, 3.63) is 28.8 Å². The quantitative estimate of drug-likeness (QED) is 0.834. The summed E-state index contributed by atoms with van der Waals surface area (Å²) in [6.45, 7) is 2.31. The SMILES string of the molecule is N#Cc1cc(Cl)ccc1OCC1CCN(C(=O)[C@H]2C[C@]3(COC(=O)N3)C2)CC1. The van der Waals surface area contributed by atoms with Gasteiger partial charge >= 0.3 is 6.09 Å². The zero-order chi connectivity index (χ0) is 19.7. The highest BCUT2D eigenvalue weighted by molar-refractivity contribution is 6.30. The van der Waals surface area contributed by atoms with Gasteiger partial charge in [0.05, 0.1) is 17.7 Å². The summed E-state index contributed by atoms with van der Waals surface area (Å²) in [5, 5.41) is 12.5. The van der Waals surface area contributed by atoms with Crippen molar-refractivity contribution in [3.8, 4) is 11.8 Å². The number of carbonyl (C=O) groups excluding carboxylic acids is 2. The van der Waals surface area contributed by atoms with Gasteiger partial charge in [0.1, 0.15) is 18.4 Å². The third kappa shape index (κ3) is 3.74. The molecule has 8 heteroatoms. The molecule has 2 amide bonds. The molecule has 0 atom stereocenters. The highest BCUT2D eigenvalue weighted by atomic mass is 35.5. The highest BCUT2D eigenvalue weighted by Crippen LogP contribution is 2.41. The minimum absolute atomic E-state index is 0.0259. The summed E-state index contributed by atoms with van der Waals surface area (Å²) >= 11 is 5.91. The van der Waals surface area contributed by atoms with Crippen LogP contribution in [-0.2, 0) is 9.53 Å². The fourth-order valence-electron chi connectivity index (χ4n) is 4.27. The Morgan fingerprint density at radius 1 is 1.39 bits per heavy atom. The summed E-state index contributed by atoms with van der Waals surface area (Å²) in [4.78, 5) is 25.8. The first-order valence-corrected chi connectivity index (χ1v) is 9.92. The van der Waals surface area contributed by atoms with Gasteiger partial charge in [-0.05, 0) is 49.8 Å². The number of carbonyl (C=O) groups is 2. The molecule has 0 radical (unpaired) electrons. The smallest absolute Gasteiger partial charge is 0.407 e. The summed E-state index contributed by atoms with van der Waals surface area (Å²) in [6.07, 6.45) is 2.69. The van der Waals surface area contributed by atoms with Gasteiger partial charge in [-0.15, -0.1) is 0 Å². The van der Waals surface area contributed by atoms with Crippen LogP contribution < -0.4 is 10.1 Å². The van der Waals surface area contributed by atoms with Crippen molar-refractivity contribution in [3.63, 3.8) is 0 Å². The summed E-state index contributed by atoms with van der Waals surface area (Å²) < 4.78 is 10.8. The number of cyclic esters (lactones) is 1. The zero-order valence-corrected chi connectivity index (χ0v) is 16.2. The second kappa shape index (κ2) is 7.51. The second-order valence-electron chi connectivity index (χ2n) is 7.92. The van der Waals surface area contributed by atoms with E-state index in [1.54, 1.807) is 18.2 Å². The number of halogens is 1. The lowest BCUT2D eigenvalue weighted by atomic mass is 9.68. The molecule has 3 fully saturated rings. The van der Waals surface area contributed by atoms with Crippen LogP contribution in [-0.4, -0.2) is 48.7 Å². The van der Waals surface area contributed by atoms with E-state index in [1.165, 1.54) is 0 Å². The van der Waals surface area contributed by atoms with Gasteiger partial charge in [-0.2, -0.15) is 5.26 Å². The lowest BCUT2D eigenvalue weighted by molar-refractivity contribution is -0.142. The van der Waals surface area contributed by atoms with Crippen molar-refractivity contribution in [1.82, 2.24) is 10.2 Å². The minimum Gasteiger partial charge on any atom is -0.492 e. The average molecular weight is 404 g/mol. The molecule has 3 aliphatic rings. The molecule has 1 aromatic carbocycles. The summed E-state index contributed by atoms with van der Waals surface area (Å²) in [5.41, 5.74) is 0.114. The average Bonchev–Trinajstić information content (AvgIpc) is 3.08. The number of benzene rings is 1. The molecule has 0 bridgehead atoms. The van der Waals surface area contributed by atoms with Crippen molar-refractivity contribution in [2.24, 2.45) is 11.8 Å². The molecule has 1 aromatic rings. The van der Waals surface area contributed by atoms with Crippen molar-refractivity contribution in [2.75, 3.05) is 26.3 Å². The Kier molecular flexibility index (Phi) is 5.07. The Balaban J connectivity index is 1.22. The number of alkyl carbamates (subject to hydrolysis) is 1. The van der Waals surface area contributed by atoms with E-state index >= 15 is 0 Å². The molecular weight excluding hydrogens is 382 g/mol. The molecule has 2 saturated heterocycles. The van der Waals surface area contributed by atoms with Crippen LogP contribution >= 0.6 is 11.6 Å². The van der Waals surface area contributed by atoms with Gasteiger partial charge in [-0.1, -0.05) is 11.6 Å². The molecule has 28 heavy (non-hydrogen) atoms. The van der Waals surface area contributed by atoms with Crippen LogP contribution in [0, 0.1) is 23.2 Å². The summed E-state index contributed by atoms with van der Waals surface area (Å²) in [6, 6.07) is 7.13. The molecule has 1 saturated carbocycles. The van der Waals surface area contributed by atoms with E-state index in [0.717, 1.165) is 12.8 Å². The number of nitriles is 1. The molecule has 1 aliphatic carbocycles. The predicted molar refractivity (Wildman–Crippen MR) is 101 cm³/mol. The Bertz CT molecular complexity index is 823. The molecule has 0 unspecified atom stereocenters. The maximum absolute atomic E-state index is 12.7. The maximum atomic E-state index is 12.7. The van der Waals surface area contributed by atoms with E-state index in [-0.39, 0.29) is 23.5 Å². The monoisotopic (exact) mass is 403 g/mol. The number of nitrogens with one attached hydrogen (secondary N) is 1. The van der Waals surface area contributed by atoms with Gasteiger partial charge in [0.15, 0.2) is 0 Å². The first-order chi connectivity index (χ1) is 13.5. The highest BCUT2D eigenvalue weighted by Gasteiger charge is 2.53.